The minimum atomic E-state index is -1.17. The van der Waals surface area contributed by atoms with Crippen molar-refractivity contribution in [3.63, 3.8) is 0 Å². The molecule has 2 amide bonds. The largest absolute Gasteiger partial charge is 0.481 e. The van der Waals surface area contributed by atoms with Crippen molar-refractivity contribution < 1.29 is 69.0 Å². The zero-order valence-corrected chi connectivity index (χ0v) is 28.0. The van der Waals surface area contributed by atoms with Crippen LogP contribution in [0.5, 0.6) is 0 Å². The molecular weight excluding hydrogens is 668 g/mol. The summed E-state index contributed by atoms with van der Waals surface area (Å²) in [7, 11) is 0. The molecule has 0 aromatic rings. The number of hydrogen-bond donors (Lipinski definition) is 9. The van der Waals surface area contributed by atoms with Gasteiger partial charge in [0.1, 0.15) is 6.04 Å². The Morgan fingerprint density at radius 2 is 0.840 bits per heavy atom. The van der Waals surface area contributed by atoms with Crippen LogP contribution in [0.25, 0.3) is 0 Å². The second-order valence-corrected chi connectivity index (χ2v) is 10.8. The highest BCUT2D eigenvalue weighted by Gasteiger charge is 2.14. The fourth-order valence-electron chi connectivity index (χ4n) is 3.89. The third-order valence-corrected chi connectivity index (χ3v) is 6.68. The molecule has 0 bridgehead atoms. The topological polar surface area (TPSA) is 318 Å². The number of nitrogens with zero attached hydrogens (tertiary/aromatic N) is 3. The van der Waals surface area contributed by atoms with Gasteiger partial charge in [0, 0.05) is 84.7 Å². The van der Waals surface area contributed by atoms with Crippen LogP contribution in [-0.2, 0) is 38.4 Å². The third kappa shape index (κ3) is 31.7. The average Bonchev–Trinajstić information content (AvgIpc) is 3.02. The molecule has 0 radical (unpaired) electrons. The molecule has 0 unspecified atom stereocenters. The minimum absolute atomic E-state index is 0.0231. The first-order chi connectivity index (χ1) is 23.5. The minimum Gasteiger partial charge on any atom is -0.481 e. The summed E-state index contributed by atoms with van der Waals surface area (Å²) < 4.78 is 0. The zero-order chi connectivity index (χ0) is 38.5. The van der Waals surface area contributed by atoms with Crippen LogP contribution in [0, 0.1) is 12.3 Å². The van der Waals surface area contributed by atoms with E-state index in [2.05, 4.69) is 16.6 Å². The van der Waals surface area contributed by atoms with Gasteiger partial charge in [0.15, 0.2) is 0 Å². The predicted molar refractivity (Wildman–Crippen MR) is 175 cm³/mol. The number of carbonyl (C=O) groups is 8. The molecule has 0 fully saturated rings. The molecule has 10 N–H and O–H groups in total. The van der Waals surface area contributed by atoms with Gasteiger partial charge in [-0.3, -0.25) is 43.3 Å². The molecule has 1 atom stereocenters. The maximum atomic E-state index is 12.2. The van der Waals surface area contributed by atoms with Crippen molar-refractivity contribution in [1.29, 1.82) is 0 Å². The van der Waals surface area contributed by atoms with Gasteiger partial charge in [-0.05, 0) is 6.42 Å². The average molecular weight is 719 g/mol. The predicted octanol–water partition coefficient (Wildman–Crippen LogP) is -2.30. The van der Waals surface area contributed by atoms with Gasteiger partial charge in [0.2, 0.25) is 11.8 Å². The van der Waals surface area contributed by atoms with Crippen molar-refractivity contribution in [3.05, 3.63) is 0 Å². The first kappa shape index (κ1) is 47.3. The van der Waals surface area contributed by atoms with Gasteiger partial charge in [-0.25, -0.2) is 0 Å². The number of nitrogens with one attached hydrogen (secondary N) is 2. The Balaban J connectivity index is 0. The summed E-state index contributed by atoms with van der Waals surface area (Å²) in [5.74, 6) is -4.26. The van der Waals surface area contributed by atoms with Gasteiger partial charge in [-0.1, -0.05) is 5.92 Å². The van der Waals surface area contributed by atoms with E-state index in [0.717, 1.165) is 0 Å². The molecule has 0 saturated carbocycles. The number of amides is 2. The Bertz CT molecular complexity index is 1050. The van der Waals surface area contributed by atoms with E-state index in [0.29, 0.717) is 26.2 Å². The number of nitrogens with two attached hydrogens (primary N) is 1. The highest BCUT2D eigenvalue weighted by atomic mass is 16.4. The van der Waals surface area contributed by atoms with E-state index in [1.165, 1.54) is 0 Å². The number of carboxylic acids is 6. The van der Waals surface area contributed by atoms with Crippen molar-refractivity contribution in [2.24, 2.45) is 5.73 Å². The molecule has 0 spiro atoms. The van der Waals surface area contributed by atoms with Gasteiger partial charge < -0.3 is 56.8 Å². The monoisotopic (exact) mass is 718 g/mol. The van der Waals surface area contributed by atoms with Crippen LogP contribution in [0.3, 0.4) is 0 Å². The van der Waals surface area contributed by atoms with Gasteiger partial charge in [-0.2, -0.15) is 0 Å². The van der Waals surface area contributed by atoms with Crippen LogP contribution in [0.15, 0.2) is 0 Å². The van der Waals surface area contributed by atoms with Crippen molar-refractivity contribution in [2.75, 3.05) is 72.0 Å². The first-order valence-electron chi connectivity index (χ1n) is 15.7. The second kappa shape index (κ2) is 29.1. The van der Waals surface area contributed by atoms with Crippen LogP contribution in [0.1, 0.15) is 51.4 Å². The van der Waals surface area contributed by atoms with Crippen LogP contribution in [-0.4, -0.2) is 171 Å². The molecule has 0 aromatic carbocycles. The lowest BCUT2D eigenvalue weighted by atomic mass is 10.2. The molecule has 0 aliphatic rings. The van der Waals surface area contributed by atoms with Crippen LogP contribution in [0.2, 0.25) is 0 Å². The SMILES string of the molecule is C#CCN(CCC(=O)NCCN(CCC(=O)O)CCC(=O)O)CCC(=O)NCCN(CCC(=O)O)CCC(=O)O.N[C@@H](CCC(=O)O)C(=O)O. The molecule has 0 heterocycles. The standard InChI is InChI=1S/C25H41N5O10.C5H9NO4/c1-2-11-28(12-3-20(31)26-9-18-29(14-5-22(33)34)15-6-23(35)36)13-4-21(32)27-10-19-30(16-7-24(37)38)17-8-25(39)40;6-3(5(9)10)1-2-4(7)8/h1H,3-19H2,(H,26,31)(H,27,32)(H,33,34)(H,35,36)(H,37,38)(H,39,40);3H,1-2,6H2,(H,7,8)(H,9,10)/t;3-/m.0/s1. The molecule has 20 nitrogen and oxygen atoms in total. The summed E-state index contributed by atoms with van der Waals surface area (Å²) >= 11 is 0. The number of terminal acetylenes is 1. The summed E-state index contributed by atoms with van der Waals surface area (Å²) in [5.41, 5.74) is 5.00. The van der Waals surface area contributed by atoms with Crippen LogP contribution < -0.4 is 16.4 Å². The Labute approximate surface area is 289 Å². The fraction of sp³-hybridized carbons (Fsp3) is 0.667. The molecule has 0 rings (SSSR count). The normalized spacial score (nSPS) is 11.2. The Hall–Kier alpha value is -4.84. The molecule has 0 aromatic heterocycles. The van der Waals surface area contributed by atoms with E-state index in [4.69, 9.17) is 42.8 Å². The number of carbonyl (C=O) groups excluding carboxylic acids is 2. The Morgan fingerprint density at radius 3 is 1.12 bits per heavy atom. The maximum Gasteiger partial charge on any atom is 0.320 e. The summed E-state index contributed by atoms with van der Waals surface area (Å²) in [4.78, 5) is 92.6. The summed E-state index contributed by atoms with van der Waals surface area (Å²) in [6.45, 7) is 2.49. The van der Waals surface area contributed by atoms with Gasteiger partial charge in [0.25, 0.3) is 0 Å². The van der Waals surface area contributed by atoms with E-state index < -0.39 is 41.9 Å². The van der Waals surface area contributed by atoms with E-state index in [9.17, 15) is 38.4 Å². The fourth-order valence-corrected chi connectivity index (χ4v) is 3.89. The summed E-state index contributed by atoms with van der Waals surface area (Å²) in [6.07, 6.45) is 4.81. The number of rotatable bonds is 29. The molecular formula is C30H50N6O14. The van der Waals surface area contributed by atoms with Crippen LogP contribution >= 0.6 is 0 Å². The number of hydrogen-bond acceptors (Lipinski definition) is 12. The van der Waals surface area contributed by atoms with Crippen molar-refractivity contribution in [1.82, 2.24) is 25.3 Å². The van der Waals surface area contributed by atoms with E-state index in [-0.39, 0.29) is 109 Å². The van der Waals surface area contributed by atoms with E-state index >= 15 is 0 Å². The van der Waals surface area contributed by atoms with Gasteiger partial charge in [-0.15, -0.1) is 6.42 Å². The molecule has 20 heteroatoms. The smallest absolute Gasteiger partial charge is 0.320 e. The summed E-state index contributed by atoms with van der Waals surface area (Å²) in [6, 6.07) is -1.06. The number of carboxylic acid groups (broad SMARTS) is 6. The third-order valence-electron chi connectivity index (χ3n) is 6.68. The van der Waals surface area contributed by atoms with Crippen molar-refractivity contribution in [3.8, 4) is 12.3 Å². The van der Waals surface area contributed by atoms with Crippen molar-refractivity contribution in [2.45, 2.75) is 57.4 Å². The van der Waals surface area contributed by atoms with E-state index in [1.54, 1.807) is 14.7 Å². The Kier molecular flexibility index (Phi) is 27.5. The quantitative estimate of drug-likeness (QED) is 0.0367. The van der Waals surface area contributed by atoms with Gasteiger partial charge in [0.05, 0.1) is 32.2 Å². The highest BCUT2D eigenvalue weighted by molar-refractivity contribution is 5.77. The highest BCUT2D eigenvalue weighted by Crippen LogP contribution is 1.99. The Morgan fingerprint density at radius 1 is 0.520 bits per heavy atom. The second-order valence-electron chi connectivity index (χ2n) is 10.8. The van der Waals surface area contributed by atoms with Crippen molar-refractivity contribution >= 4 is 47.6 Å². The molecule has 0 aliphatic carbocycles. The van der Waals surface area contributed by atoms with Crippen LogP contribution in [0.4, 0.5) is 0 Å². The molecule has 50 heavy (non-hydrogen) atoms. The molecule has 0 saturated heterocycles. The van der Waals surface area contributed by atoms with Gasteiger partial charge >= 0.3 is 35.8 Å². The van der Waals surface area contributed by atoms with E-state index in [1.807, 2.05) is 0 Å². The molecule has 0 aliphatic heterocycles. The lowest BCUT2D eigenvalue weighted by molar-refractivity contribution is -0.141. The number of aliphatic carboxylic acids is 6. The first-order valence-corrected chi connectivity index (χ1v) is 15.7. The molecule has 284 valence electrons. The summed E-state index contributed by atoms with van der Waals surface area (Å²) in [5, 5.41) is 57.1. The lowest BCUT2D eigenvalue weighted by Gasteiger charge is -2.22. The zero-order valence-electron chi connectivity index (χ0n) is 28.0. The lowest BCUT2D eigenvalue weighted by Crippen LogP contribution is -2.39. The maximum absolute atomic E-state index is 12.2.